The molecule has 0 saturated heterocycles. The fourth-order valence-corrected chi connectivity index (χ4v) is 4.12. The maximum atomic E-state index is 12.1. The summed E-state index contributed by atoms with van der Waals surface area (Å²) in [6.07, 6.45) is 1.64. The van der Waals surface area contributed by atoms with Crippen LogP contribution in [-0.4, -0.2) is 33.4 Å². The van der Waals surface area contributed by atoms with Crippen LogP contribution in [0.15, 0.2) is 40.9 Å². The summed E-state index contributed by atoms with van der Waals surface area (Å²) in [5.74, 6) is 0.332. The third kappa shape index (κ3) is 4.72. The molecule has 0 fully saturated rings. The van der Waals surface area contributed by atoms with Gasteiger partial charge in [0.2, 0.25) is 11.8 Å². The largest absolute Gasteiger partial charge is 0.325 e. The zero-order chi connectivity index (χ0) is 18.5. The molecule has 0 bridgehead atoms. The van der Waals surface area contributed by atoms with Crippen molar-refractivity contribution in [2.75, 3.05) is 22.3 Å². The van der Waals surface area contributed by atoms with Crippen LogP contribution in [-0.2, 0) is 9.59 Å². The number of carbonyl (C=O) groups is 2. The molecule has 0 aliphatic rings. The van der Waals surface area contributed by atoms with Gasteiger partial charge >= 0.3 is 0 Å². The highest BCUT2D eigenvalue weighted by atomic mass is 35.5. The van der Waals surface area contributed by atoms with E-state index in [0.717, 1.165) is 20.1 Å². The van der Waals surface area contributed by atoms with E-state index in [1.807, 2.05) is 31.2 Å². The minimum Gasteiger partial charge on any atom is -0.325 e. The van der Waals surface area contributed by atoms with Crippen molar-refractivity contribution >= 4 is 68.2 Å². The number of thioether (sulfide) groups is 1. The van der Waals surface area contributed by atoms with E-state index in [4.69, 9.17) is 11.6 Å². The minimum absolute atomic E-state index is 0.0906. The van der Waals surface area contributed by atoms with E-state index in [2.05, 4.69) is 20.6 Å². The van der Waals surface area contributed by atoms with Crippen molar-refractivity contribution in [3.63, 3.8) is 0 Å². The quantitative estimate of drug-likeness (QED) is 0.479. The topological polar surface area (TPSA) is 84.0 Å². The van der Waals surface area contributed by atoms with Crippen LogP contribution in [0.1, 0.15) is 5.56 Å². The molecule has 134 valence electrons. The summed E-state index contributed by atoms with van der Waals surface area (Å²) in [6, 6.07) is 9.17. The Morgan fingerprint density at radius 2 is 2.08 bits per heavy atom. The van der Waals surface area contributed by atoms with Gasteiger partial charge in [0.25, 0.3) is 0 Å². The number of hydrogen-bond donors (Lipinski definition) is 2. The molecule has 3 rings (SSSR count). The monoisotopic (exact) mass is 406 g/mol. The number of anilines is 2. The molecule has 1 aromatic carbocycles. The average molecular weight is 407 g/mol. The molecule has 2 aromatic heterocycles. The number of halogens is 1. The predicted octanol–water partition coefficient (Wildman–Crippen LogP) is 3.91. The van der Waals surface area contributed by atoms with Gasteiger partial charge < -0.3 is 10.6 Å². The van der Waals surface area contributed by atoms with E-state index in [-0.39, 0.29) is 23.4 Å². The number of aromatic nitrogens is 2. The predicted molar refractivity (Wildman–Crippen MR) is 107 cm³/mol. The van der Waals surface area contributed by atoms with Crippen LogP contribution < -0.4 is 10.6 Å². The molecule has 6 nitrogen and oxygen atoms in total. The number of hydrogen-bond acceptors (Lipinski definition) is 6. The maximum absolute atomic E-state index is 12.1. The second kappa shape index (κ2) is 8.48. The van der Waals surface area contributed by atoms with Crippen LogP contribution >= 0.6 is 34.7 Å². The van der Waals surface area contributed by atoms with Gasteiger partial charge in [-0.25, -0.2) is 9.97 Å². The molecule has 26 heavy (non-hydrogen) atoms. The normalized spacial score (nSPS) is 10.7. The van der Waals surface area contributed by atoms with Crippen LogP contribution in [0.3, 0.4) is 0 Å². The molecule has 0 aliphatic heterocycles. The maximum Gasteiger partial charge on any atom is 0.239 e. The first-order valence-corrected chi connectivity index (χ1v) is 9.99. The number of benzene rings is 1. The van der Waals surface area contributed by atoms with Gasteiger partial charge in [0.05, 0.1) is 16.0 Å². The van der Waals surface area contributed by atoms with Gasteiger partial charge in [0, 0.05) is 11.9 Å². The van der Waals surface area contributed by atoms with Crippen molar-refractivity contribution in [3.8, 4) is 0 Å². The lowest BCUT2D eigenvalue weighted by molar-refractivity contribution is -0.114. The molecule has 0 unspecified atom stereocenters. The summed E-state index contributed by atoms with van der Waals surface area (Å²) < 4.78 is 1.72. The van der Waals surface area contributed by atoms with Gasteiger partial charge in [0.1, 0.15) is 11.7 Å². The third-order valence-corrected chi connectivity index (χ3v) is 5.77. The van der Waals surface area contributed by atoms with Crippen LogP contribution in [0.25, 0.3) is 10.2 Å². The Labute approximate surface area is 163 Å². The second-order valence-electron chi connectivity index (χ2n) is 5.35. The lowest BCUT2D eigenvalue weighted by Gasteiger charge is -2.05. The van der Waals surface area contributed by atoms with Crippen molar-refractivity contribution in [1.29, 1.82) is 0 Å². The summed E-state index contributed by atoms with van der Waals surface area (Å²) in [5, 5.41) is 5.50. The van der Waals surface area contributed by atoms with E-state index >= 15 is 0 Å². The Morgan fingerprint density at radius 3 is 2.85 bits per heavy atom. The van der Waals surface area contributed by atoms with E-state index in [1.165, 1.54) is 23.1 Å². The first-order chi connectivity index (χ1) is 12.5. The first-order valence-electron chi connectivity index (χ1n) is 7.66. The smallest absolute Gasteiger partial charge is 0.239 e. The minimum atomic E-state index is -0.258. The number of nitrogens with zero attached hydrogens (tertiary/aromatic N) is 2. The zero-order valence-corrected chi connectivity index (χ0v) is 16.2. The number of thiazole rings is 1. The SMILES string of the molecule is Cc1cccnc1NC(=O)CSc1nc2ccc(NC(=O)CCl)cc2s1. The lowest BCUT2D eigenvalue weighted by atomic mass is 10.3. The van der Waals surface area contributed by atoms with Crippen LogP contribution in [0.5, 0.6) is 0 Å². The van der Waals surface area contributed by atoms with Gasteiger partial charge in [-0.2, -0.15) is 0 Å². The van der Waals surface area contributed by atoms with Gasteiger partial charge in [-0.3, -0.25) is 9.59 Å². The number of nitrogens with one attached hydrogen (secondary N) is 2. The number of carbonyl (C=O) groups excluding carboxylic acids is 2. The molecule has 2 heterocycles. The fourth-order valence-electron chi connectivity index (χ4n) is 2.15. The van der Waals surface area contributed by atoms with Crippen LogP contribution in [0.2, 0.25) is 0 Å². The molecule has 2 amide bonds. The summed E-state index contributed by atoms with van der Waals surface area (Å²) in [4.78, 5) is 32.1. The van der Waals surface area contributed by atoms with Gasteiger partial charge in [-0.15, -0.1) is 22.9 Å². The van der Waals surface area contributed by atoms with E-state index < -0.39 is 0 Å². The molecule has 9 heteroatoms. The van der Waals surface area contributed by atoms with Gasteiger partial charge in [-0.05, 0) is 36.8 Å². The third-order valence-electron chi connectivity index (χ3n) is 3.37. The Morgan fingerprint density at radius 1 is 1.23 bits per heavy atom. The van der Waals surface area contributed by atoms with E-state index in [1.54, 1.807) is 12.3 Å². The second-order valence-corrected chi connectivity index (χ2v) is 7.87. The van der Waals surface area contributed by atoms with Crippen LogP contribution in [0, 0.1) is 6.92 Å². The standard InChI is InChI=1S/C17H15ClN4O2S2/c1-10-3-2-6-19-16(10)22-15(24)9-25-17-21-12-5-4-11(7-13(12)26-17)20-14(23)8-18/h2-7H,8-9H2,1H3,(H,20,23)(H,19,22,24). The Hall–Kier alpha value is -2.16. The number of rotatable bonds is 6. The highest BCUT2D eigenvalue weighted by Crippen LogP contribution is 2.31. The number of alkyl halides is 1. The Kier molecular flexibility index (Phi) is 6.08. The average Bonchev–Trinajstić information content (AvgIpc) is 3.04. The molecular formula is C17H15ClN4O2S2. The summed E-state index contributed by atoms with van der Waals surface area (Å²) in [6.45, 7) is 1.89. The van der Waals surface area contributed by atoms with Gasteiger partial charge in [0.15, 0.2) is 4.34 Å². The number of fused-ring (bicyclic) bond motifs is 1. The molecule has 0 atom stereocenters. The Balaban J connectivity index is 1.63. The summed E-state index contributed by atoms with van der Waals surface area (Å²) in [5.41, 5.74) is 2.41. The van der Waals surface area contributed by atoms with Crippen molar-refractivity contribution in [2.45, 2.75) is 11.3 Å². The molecule has 0 aliphatic carbocycles. The number of amides is 2. The molecular weight excluding hydrogens is 392 g/mol. The highest BCUT2D eigenvalue weighted by molar-refractivity contribution is 8.01. The van der Waals surface area contributed by atoms with E-state index in [9.17, 15) is 9.59 Å². The van der Waals surface area contributed by atoms with Gasteiger partial charge in [-0.1, -0.05) is 17.8 Å². The molecule has 0 radical (unpaired) electrons. The summed E-state index contributed by atoms with van der Waals surface area (Å²) in [7, 11) is 0. The molecule has 0 saturated carbocycles. The number of aryl methyl sites for hydroxylation is 1. The molecule has 0 spiro atoms. The zero-order valence-electron chi connectivity index (χ0n) is 13.8. The summed E-state index contributed by atoms with van der Waals surface area (Å²) >= 11 is 8.33. The van der Waals surface area contributed by atoms with Crippen LogP contribution in [0.4, 0.5) is 11.5 Å². The van der Waals surface area contributed by atoms with Crippen molar-refractivity contribution in [1.82, 2.24) is 9.97 Å². The molecule has 2 N–H and O–H groups in total. The van der Waals surface area contributed by atoms with Crippen molar-refractivity contribution in [3.05, 3.63) is 42.1 Å². The Bertz CT molecular complexity index is 961. The van der Waals surface area contributed by atoms with Crippen molar-refractivity contribution < 1.29 is 9.59 Å². The lowest BCUT2D eigenvalue weighted by Crippen LogP contribution is -2.15. The molecule has 3 aromatic rings. The van der Waals surface area contributed by atoms with Crippen molar-refractivity contribution in [2.24, 2.45) is 0 Å². The number of pyridine rings is 1. The first kappa shape index (κ1) is 18.6. The highest BCUT2D eigenvalue weighted by Gasteiger charge is 2.10. The van der Waals surface area contributed by atoms with E-state index in [0.29, 0.717) is 11.5 Å². The fraction of sp³-hybridized carbons (Fsp3) is 0.176.